The summed E-state index contributed by atoms with van der Waals surface area (Å²) in [4.78, 5) is 29.0. The molecule has 1 aliphatic heterocycles. The monoisotopic (exact) mass is 538 g/mol. The number of aryl methyl sites for hydroxylation is 2. The number of carboxylic acids is 1. The number of anilines is 1. The molecule has 1 aliphatic rings. The van der Waals surface area contributed by atoms with Crippen molar-refractivity contribution in [1.82, 2.24) is 10.2 Å². The fraction of sp³-hybridized carbons (Fsp3) is 0.364. The van der Waals surface area contributed by atoms with E-state index in [0.717, 1.165) is 60.3 Å². The summed E-state index contributed by atoms with van der Waals surface area (Å²) in [5, 5.41) is 21.8. The normalized spacial score (nSPS) is 14.8. The van der Waals surface area contributed by atoms with Gasteiger partial charge >= 0.3 is 5.97 Å². The number of rotatable bonds is 10. The number of nitrogens with one attached hydrogen (secondary N) is 1. The van der Waals surface area contributed by atoms with Gasteiger partial charge < -0.3 is 20.2 Å². The summed E-state index contributed by atoms with van der Waals surface area (Å²) in [6, 6.07) is 23.5. The number of aromatic carboxylic acids is 1. The maximum Gasteiger partial charge on any atom is 0.335 e. The molecule has 7 nitrogen and oxygen atoms in total. The molecule has 1 unspecified atom stereocenters. The predicted octanol–water partition coefficient (Wildman–Crippen LogP) is 5.55. The van der Waals surface area contributed by atoms with Gasteiger partial charge in [0, 0.05) is 49.5 Å². The maximum absolute atomic E-state index is 12.8. The van der Waals surface area contributed by atoms with Crippen LogP contribution < -0.4 is 10.2 Å². The Morgan fingerprint density at radius 3 is 2.33 bits per heavy atom. The number of benzene rings is 3. The minimum Gasteiger partial charge on any atom is -0.478 e. The van der Waals surface area contributed by atoms with Gasteiger partial charge in [-0.1, -0.05) is 30.3 Å². The highest BCUT2D eigenvalue weighted by molar-refractivity contribution is 5.97. The number of carbonyl (C=O) groups is 2. The third-order valence-corrected chi connectivity index (χ3v) is 7.97. The van der Waals surface area contributed by atoms with Crippen LogP contribution in [0, 0.1) is 25.2 Å². The van der Waals surface area contributed by atoms with Crippen LogP contribution >= 0.6 is 0 Å². The highest BCUT2D eigenvalue weighted by Gasteiger charge is 2.27. The zero-order valence-electron chi connectivity index (χ0n) is 23.6. The lowest BCUT2D eigenvalue weighted by Crippen LogP contribution is -2.48. The van der Waals surface area contributed by atoms with Gasteiger partial charge in [-0.25, -0.2) is 4.79 Å². The first-order valence-electron chi connectivity index (χ1n) is 13.9. The van der Waals surface area contributed by atoms with E-state index in [1.807, 2.05) is 62.4 Å². The molecule has 0 saturated carbocycles. The van der Waals surface area contributed by atoms with Gasteiger partial charge in [-0.3, -0.25) is 4.79 Å². The van der Waals surface area contributed by atoms with Crippen LogP contribution in [0.1, 0.15) is 69.2 Å². The predicted molar refractivity (Wildman–Crippen MR) is 158 cm³/mol. The van der Waals surface area contributed by atoms with Crippen LogP contribution in [0.15, 0.2) is 66.7 Å². The molecule has 1 heterocycles. The number of hydrogen-bond donors (Lipinski definition) is 2. The van der Waals surface area contributed by atoms with Crippen molar-refractivity contribution in [3.8, 4) is 6.07 Å². The van der Waals surface area contributed by atoms with Crippen molar-refractivity contribution in [2.24, 2.45) is 0 Å². The van der Waals surface area contributed by atoms with Gasteiger partial charge in [0.25, 0.3) is 5.91 Å². The van der Waals surface area contributed by atoms with Gasteiger partial charge in [0.05, 0.1) is 17.2 Å². The standard InChI is InChI=1S/C33H38N4O3/c1-23-6-4-7-24(2)31(23)32(38)35-17-14-25(3)36-18-15-30(16-19-36)37(22-27-9-5-8-26(20-27)21-34)29-12-10-28(11-13-29)33(39)40/h4-13,20,25,30H,14-19,22H2,1-3H3,(H,35,38)(H,39,40). The number of nitrogens with zero attached hydrogens (tertiary/aromatic N) is 3. The van der Waals surface area contributed by atoms with Crippen LogP contribution in [0.4, 0.5) is 5.69 Å². The molecule has 2 N–H and O–H groups in total. The Kier molecular flexibility index (Phi) is 9.57. The average Bonchev–Trinajstić information content (AvgIpc) is 2.96. The molecule has 40 heavy (non-hydrogen) atoms. The van der Waals surface area contributed by atoms with Crippen LogP contribution in [0.5, 0.6) is 0 Å². The average molecular weight is 539 g/mol. The summed E-state index contributed by atoms with van der Waals surface area (Å²) in [6.07, 6.45) is 2.82. The molecule has 0 spiro atoms. The minimum absolute atomic E-state index is 0.00784. The first kappa shape index (κ1) is 28.8. The lowest BCUT2D eigenvalue weighted by atomic mass is 9.98. The minimum atomic E-state index is -0.938. The smallest absolute Gasteiger partial charge is 0.335 e. The van der Waals surface area contributed by atoms with Crippen LogP contribution in [0.25, 0.3) is 0 Å². The van der Waals surface area contributed by atoms with Crippen molar-refractivity contribution in [3.05, 3.63) is 100 Å². The molecule has 1 fully saturated rings. The Bertz CT molecular complexity index is 1350. The number of nitriles is 1. The van der Waals surface area contributed by atoms with Crippen LogP contribution in [0.3, 0.4) is 0 Å². The lowest BCUT2D eigenvalue weighted by Gasteiger charge is -2.42. The Labute approximate surface area is 237 Å². The van der Waals surface area contributed by atoms with Crippen LogP contribution in [-0.2, 0) is 6.54 Å². The van der Waals surface area contributed by atoms with E-state index in [0.29, 0.717) is 24.7 Å². The summed E-state index contributed by atoms with van der Waals surface area (Å²) in [6.45, 7) is 9.33. The summed E-state index contributed by atoms with van der Waals surface area (Å²) in [5.41, 5.74) is 5.69. The number of carbonyl (C=O) groups excluding carboxylic acids is 1. The summed E-state index contributed by atoms with van der Waals surface area (Å²) in [5.74, 6) is -0.945. The van der Waals surface area contributed by atoms with E-state index in [9.17, 15) is 20.0 Å². The summed E-state index contributed by atoms with van der Waals surface area (Å²) in [7, 11) is 0. The van der Waals surface area contributed by atoms with Crippen molar-refractivity contribution in [1.29, 1.82) is 5.26 Å². The first-order valence-corrected chi connectivity index (χ1v) is 13.9. The van der Waals surface area contributed by atoms with Gasteiger partial charge in [0.15, 0.2) is 0 Å². The molecule has 0 aromatic heterocycles. The molecule has 0 bridgehead atoms. The molecule has 4 rings (SSSR count). The summed E-state index contributed by atoms with van der Waals surface area (Å²) < 4.78 is 0. The second kappa shape index (κ2) is 13.3. The molecule has 7 heteroatoms. The van der Waals surface area contributed by atoms with E-state index in [-0.39, 0.29) is 17.5 Å². The van der Waals surface area contributed by atoms with Crippen molar-refractivity contribution in [2.75, 3.05) is 24.5 Å². The SMILES string of the molecule is Cc1cccc(C)c1C(=O)NCCC(C)N1CCC(N(Cc2cccc(C#N)c2)c2ccc(C(=O)O)cc2)CC1. The van der Waals surface area contributed by atoms with Gasteiger partial charge in [-0.2, -0.15) is 5.26 Å². The Morgan fingerprint density at radius 2 is 1.70 bits per heavy atom. The third-order valence-electron chi connectivity index (χ3n) is 7.97. The fourth-order valence-electron chi connectivity index (χ4n) is 5.64. The Morgan fingerprint density at radius 1 is 1.05 bits per heavy atom. The van der Waals surface area contributed by atoms with E-state index < -0.39 is 5.97 Å². The Hall–Kier alpha value is -4.15. The van der Waals surface area contributed by atoms with E-state index in [2.05, 4.69) is 28.1 Å². The zero-order valence-corrected chi connectivity index (χ0v) is 23.6. The second-order valence-corrected chi connectivity index (χ2v) is 10.7. The van der Waals surface area contributed by atoms with E-state index in [1.165, 1.54) is 0 Å². The van der Waals surface area contributed by atoms with Crippen molar-refractivity contribution in [3.63, 3.8) is 0 Å². The number of piperidine rings is 1. The first-order chi connectivity index (χ1) is 19.3. The molecule has 1 amide bonds. The molecule has 208 valence electrons. The number of amides is 1. The Balaban J connectivity index is 1.37. The van der Waals surface area contributed by atoms with E-state index >= 15 is 0 Å². The van der Waals surface area contributed by atoms with Gasteiger partial charge in [0.2, 0.25) is 0 Å². The lowest BCUT2D eigenvalue weighted by molar-refractivity contribution is 0.0696. The molecular weight excluding hydrogens is 500 g/mol. The van der Waals surface area contributed by atoms with Crippen molar-refractivity contribution in [2.45, 2.75) is 58.7 Å². The molecule has 0 aliphatic carbocycles. The molecule has 1 atom stereocenters. The largest absolute Gasteiger partial charge is 0.478 e. The molecule has 0 radical (unpaired) electrons. The molecule has 3 aromatic carbocycles. The van der Waals surface area contributed by atoms with Gasteiger partial charge in [-0.05, 0) is 93.1 Å². The van der Waals surface area contributed by atoms with Gasteiger partial charge in [0.1, 0.15) is 0 Å². The zero-order chi connectivity index (χ0) is 28.6. The van der Waals surface area contributed by atoms with Crippen LogP contribution in [-0.4, -0.2) is 53.6 Å². The van der Waals surface area contributed by atoms with Crippen LogP contribution in [0.2, 0.25) is 0 Å². The van der Waals surface area contributed by atoms with Crippen molar-refractivity contribution >= 4 is 17.6 Å². The molecular formula is C33H38N4O3. The second-order valence-electron chi connectivity index (χ2n) is 10.7. The highest BCUT2D eigenvalue weighted by Crippen LogP contribution is 2.28. The summed E-state index contributed by atoms with van der Waals surface area (Å²) >= 11 is 0. The quantitative estimate of drug-likeness (QED) is 0.351. The highest BCUT2D eigenvalue weighted by atomic mass is 16.4. The van der Waals surface area contributed by atoms with E-state index in [1.54, 1.807) is 18.2 Å². The number of carboxylic acid groups (broad SMARTS) is 1. The van der Waals surface area contributed by atoms with E-state index in [4.69, 9.17) is 0 Å². The molecule has 3 aromatic rings. The third kappa shape index (κ3) is 7.08. The van der Waals surface area contributed by atoms with Crippen molar-refractivity contribution < 1.29 is 14.7 Å². The van der Waals surface area contributed by atoms with Gasteiger partial charge in [-0.15, -0.1) is 0 Å². The maximum atomic E-state index is 12.8. The number of hydrogen-bond acceptors (Lipinski definition) is 5. The fourth-order valence-corrected chi connectivity index (χ4v) is 5.64. The number of likely N-dealkylation sites (tertiary alicyclic amines) is 1. The topological polar surface area (TPSA) is 96.7 Å². The molecule has 1 saturated heterocycles.